The SMILES string of the molecule is CCN(CC)c1ncc(CNCc2ccc([N+](=O)[O-])cc2)s1. The van der Waals surface area contributed by atoms with E-state index in [2.05, 4.69) is 29.0 Å². The molecule has 0 saturated heterocycles. The quantitative estimate of drug-likeness (QED) is 0.597. The van der Waals surface area contributed by atoms with Gasteiger partial charge in [-0.1, -0.05) is 12.1 Å². The fourth-order valence-corrected chi connectivity index (χ4v) is 3.09. The minimum absolute atomic E-state index is 0.120. The Morgan fingerprint density at radius 3 is 2.50 bits per heavy atom. The van der Waals surface area contributed by atoms with Crippen molar-refractivity contribution >= 4 is 22.2 Å². The molecule has 6 nitrogen and oxygen atoms in total. The van der Waals surface area contributed by atoms with E-state index in [4.69, 9.17) is 0 Å². The fraction of sp³-hybridized carbons (Fsp3) is 0.400. The largest absolute Gasteiger partial charge is 0.349 e. The number of nitrogens with zero attached hydrogens (tertiary/aromatic N) is 3. The number of benzene rings is 1. The first-order chi connectivity index (χ1) is 10.6. The van der Waals surface area contributed by atoms with Gasteiger partial charge < -0.3 is 10.2 Å². The number of hydrogen-bond acceptors (Lipinski definition) is 6. The summed E-state index contributed by atoms with van der Waals surface area (Å²) in [6, 6.07) is 6.61. The van der Waals surface area contributed by atoms with Crippen molar-refractivity contribution < 1.29 is 4.92 Å². The van der Waals surface area contributed by atoms with Crippen LogP contribution in [0.4, 0.5) is 10.8 Å². The lowest BCUT2D eigenvalue weighted by molar-refractivity contribution is -0.384. The van der Waals surface area contributed by atoms with Gasteiger partial charge in [0.1, 0.15) is 0 Å². The standard InChI is InChI=1S/C15H20N4O2S/c1-3-18(4-2)15-17-11-14(22-15)10-16-9-12-5-7-13(8-6-12)19(20)21/h5-8,11,16H,3-4,9-10H2,1-2H3. The van der Waals surface area contributed by atoms with Crippen molar-refractivity contribution in [3.63, 3.8) is 0 Å². The van der Waals surface area contributed by atoms with Crippen molar-refractivity contribution in [3.8, 4) is 0 Å². The molecule has 1 aromatic carbocycles. The first-order valence-corrected chi connectivity index (χ1v) is 8.09. The second kappa shape index (κ2) is 7.86. The molecule has 0 saturated carbocycles. The van der Waals surface area contributed by atoms with Gasteiger partial charge in [0, 0.05) is 49.4 Å². The van der Waals surface area contributed by atoms with Crippen LogP contribution in [0.5, 0.6) is 0 Å². The maximum atomic E-state index is 10.6. The Balaban J connectivity index is 1.84. The molecule has 0 aliphatic rings. The van der Waals surface area contributed by atoms with Crippen LogP contribution in [0.2, 0.25) is 0 Å². The number of nitro groups is 1. The van der Waals surface area contributed by atoms with Crippen LogP contribution in [0, 0.1) is 10.1 Å². The highest BCUT2D eigenvalue weighted by atomic mass is 32.1. The molecule has 1 N–H and O–H groups in total. The van der Waals surface area contributed by atoms with Crippen molar-refractivity contribution in [2.45, 2.75) is 26.9 Å². The number of anilines is 1. The monoisotopic (exact) mass is 320 g/mol. The Bertz CT molecular complexity index is 608. The molecule has 2 aromatic rings. The number of nitrogens with one attached hydrogen (secondary N) is 1. The van der Waals surface area contributed by atoms with Crippen LogP contribution in [0.3, 0.4) is 0 Å². The fourth-order valence-electron chi connectivity index (χ4n) is 2.08. The third-order valence-electron chi connectivity index (χ3n) is 3.35. The Labute approximate surface area is 134 Å². The number of hydrogen-bond donors (Lipinski definition) is 1. The lowest BCUT2D eigenvalue weighted by atomic mass is 10.2. The number of thiazole rings is 1. The maximum absolute atomic E-state index is 10.6. The second-order valence-electron chi connectivity index (χ2n) is 4.81. The van der Waals surface area contributed by atoms with E-state index in [1.54, 1.807) is 23.5 Å². The first kappa shape index (κ1) is 16.4. The second-order valence-corrected chi connectivity index (χ2v) is 5.90. The Morgan fingerprint density at radius 1 is 1.23 bits per heavy atom. The molecule has 118 valence electrons. The molecule has 0 aliphatic carbocycles. The molecular weight excluding hydrogens is 300 g/mol. The maximum Gasteiger partial charge on any atom is 0.269 e. The van der Waals surface area contributed by atoms with Gasteiger partial charge in [-0.15, -0.1) is 11.3 Å². The topological polar surface area (TPSA) is 71.3 Å². The molecule has 2 rings (SSSR count). The molecule has 0 radical (unpaired) electrons. The van der Waals surface area contributed by atoms with Gasteiger partial charge in [0.05, 0.1) is 4.92 Å². The van der Waals surface area contributed by atoms with Gasteiger partial charge in [-0.2, -0.15) is 0 Å². The summed E-state index contributed by atoms with van der Waals surface area (Å²) >= 11 is 1.69. The van der Waals surface area contributed by atoms with Gasteiger partial charge >= 0.3 is 0 Å². The van der Waals surface area contributed by atoms with Crippen LogP contribution in [-0.2, 0) is 13.1 Å². The highest BCUT2D eigenvalue weighted by molar-refractivity contribution is 7.15. The van der Waals surface area contributed by atoms with Crippen LogP contribution in [-0.4, -0.2) is 23.0 Å². The summed E-state index contributed by atoms with van der Waals surface area (Å²) in [7, 11) is 0. The third kappa shape index (κ3) is 4.25. The summed E-state index contributed by atoms with van der Waals surface area (Å²) in [5, 5.41) is 15.0. The van der Waals surface area contributed by atoms with E-state index in [0.717, 1.165) is 30.3 Å². The minimum Gasteiger partial charge on any atom is -0.349 e. The number of rotatable bonds is 8. The molecule has 7 heteroatoms. The van der Waals surface area contributed by atoms with Crippen molar-refractivity contribution in [2.75, 3.05) is 18.0 Å². The zero-order chi connectivity index (χ0) is 15.9. The van der Waals surface area contributed by atoms with Gasteiger partial charge in [0.15, 0.2) is 5.13 Å². The predicted octanol–water partition coefficient (Wildman–Crippen LogP) is 3.19. The van der Waals surface area contributed by atoms with Crippen molar-refractivity contribution in [1.29, 1.82) is 0 Å². The Morgan fingerprint density at radius 2 is 1.91 bits per heavy atom. The van der Waals surface area contributed by atoms with Gasteiger partial charge in [0.2, 0.25) is 0 Å². The molecule has 0 atom stereocenters. The van der Waals surface area contributed by atoms with Crippen LogP contribution in [0.25, 0.3) is 0 Å². The Kier molecular flexibility index (Phi) is 5.85. The minimum atomic E-state index is -0.386. The molecule has 0 amide bonds. The van der Waals surface area contributed by atoms with Crippen molar-refractivity contribution in [3.05, 3.63) is 51.0 Å². The van der Waals surface area contributed by atoms with E-state index < -0.39 is 0 Å². The van der Waals surface area contributed by atoms with Crippen molar-refractivity contribution in [2.24, 2.45) is 0 Å². The van der Waals surface area contributed by atoms with Gasteiger partial charge in [-0.25, -0.2) is 4.98 Å². The van der Waals surface area contributed by atoms with E-state index in [-0.39, 0.29) is 10.6 Å². The van der Waals surface area contributed by atoms with E-state index in [1.807, 2.05) is 6.20 Å². The third-order valence-corrected chi connectivity index (χ3v) is 4.41. The van der Waals surface area contributed by atoms with Crippen LogP contribution in [0.15, 0.2) is 30.5 Å². The summed E-state index contributed by atoms with van der Waals surface area (Å²) in [5.74, 6) is 0. The number of non-ortho nitro benzene ring substituents is 1. The van der Waals surface area contributed by atoms with Crippen molar-refractivity contribution in [1.82, 2.24) is 10.3 Å². The number of nitro benzene ring substituents is 1. The van der Waals surface area contributed by atoms with Crippen LogP contribution < -0.4 is 10.2 Å². The van der Waals surface area contributed by atoms with Gasteiger partial charge in [-0.05, 0) is 19.4 Å². The van der Waals surface area contributed by atoms with Gasteiger partial charge in [0.25, 0.3) is 5.69 Å². The molecule has 1 aromatic heterocycles. The summed E-state index contributed by atoms with van der Waals surface area (Å²) in [6.45, 7) is 7.58. The smallest absolute Gasteiger partial charge is 0.269 e. The average Bonchev–Trinajstić information content (AvgIpc) is 2.98. The summed E-state index contributed by atoms with van der Waals surface area (Å²) in [6.07, 6.45) is 1.90. The van der Waals surface area contributed by atoms with Crippen LogP contribution >= 0.6 is 11.3 Å². The lowest BCUT2D eigenvalue weighted by Gasteiger charge is -2.16. The number of aromatic nitrogens is 1. The predicted molar refractivity (Wildman–Crippen MR) is 89.3 cm³/mol. The van der Waals surface area contributed by atoms with E-state index >= 15 is 0 Å². The van der Waals surface area contributed by atoms with Crippen LogP contribution in [0.1, 0.15) is 24.3 Å². The first-order valence-electron chi connectivity index (χ1n) is 7.27. The zero-order valence-corrected chi connectivity index (χ0v) is 13.6. The molecule has 0 spiro atoms. The Hall–Kier alpha value is -1.99. The summed E-state index contributed by atoms with van der Waals surface area (Å²) in [4.78, 5) is 18.1. The van der Waals surface area contributed by atoms with E-state index in [1.165, 1.54) is 17.0 Å². The van der Waals surface area contributed by atoms with E-state index in [9.17, 15) is 10.1 Å². The molecular formula is C15H20N4O2S. The molecule has 22 heavy (non-hydrogen) atoms. The highest BCUT2D eigenvalue weighted by Crippen LogP contribution is 2.22. The summed E-state index contributed by atoms with van der Waals surface area (Å²) < 4.78 is 0. The van der Waals surface area contributed by atoms with Gasteiger partial charge in [-0.3, -0.25) is 10.1 Å². The average molecular weight is 320 g/mol. The summed E-state index contributed by atoms with van der Waals surface area (Å²) in [5.41, 5.74) is 1.15. The normalized spacial score (nSPS) is 10.6. The highest BCUT2D eigenvalue weighted by Gasteiger charge is 2.08. The molecule has 0 aliphatic heterocycles. The zero-order valence-electron chi connectivity index (χ0n) is 12.8. The van der Waals surface area contributed by atoms with E-state index in [0.29, 0.717) is 6.54 Å². The molecule has 0 fully saturated rings. The lowest BCUT2D eigenvalue weighted by Crippen LogP contribution is -2.21. The molecule has 0 bridgehead atoms. The molecule has 1 heterocycles. The molecule has 0 unspecified atom stereocenters.